The number of hydrogen-bond acceptors (Lipinski definition) is 4. The van der Waals surface area contributed by atoms with Crippen LogP contribution in [0.1, 0.15) is 23.7 Å². The van der Waals surface area contributed by atoms with E-state index in [2.05, 4.69) is 29.1 Å². The van der Waals surface area contributed by atoms with Crippen molar-refractivity contribution in [2.45, 2.75) is 19.4 Å². The van der Waals surface area contributed by atoms with Crippen LogP contribution in [0.2, 0.25) is 0 Å². The maximum atomic E-state index is 13.0. The van der Waals surface area contributed by atoms with E-state index in [0.717, 1.165) is 19.5 Å². The van der Waals surface area contributed by atoms with E-state index in [1.165, 1.54) is 5.69 Å². The Balaban J connectivity index is 1.78. The van der Waals surface area contributed by atoms with Crippen molar-refractivity contribution in [1.29, 1.82) is 0 Å². The van der Waals surface area contributed by atoms with Crippen LogP contribution in [0.25, 0.3) is 0 Å². The molecule has 1 atom stereocenters. The van der Waals surface area contributed by atoms with Crippen molar-refractivity contribution in [2.75, 3.05) is 31.6 Å². The van der Waals surface area contributed by atoms with Gasteiger partial charge in [0.15, 0.2) is 0 Å². The third-order valence-electron chi connectivity index (χ3n) is 4.64. The number of aryl methyl sites for hydroxylation is 1. The molecule has 3 rings (SSSR count). The van der Waals surface area contributed by atoms with Gasteiger partial charge >= 0.3 is 0 Å². The molecule has 0 bridgehead atoms. The molecule has 6 nitrogen and oxygen atoms in total. The SMILES string of the molecule is CCC1CN(c2ccccc2)CCN1C(=O)c1cnn(C)c1OC. The lowest BCUT2D eigenvalue weighted by molar-refractivity contribution is 0.0648. The summed E-state index contributed by atoms with van der Waals surface area (Å²) in [6.07, 6.45) is 2.51. The summed E-state index contributed by atoms with van der Waals surface area (Å²) >= 11 is 0. The molecule has 0 spiro atoms. The Labute approximate surface area is 142 Å². The van der Waals surface area contributed by atoms with Crippen molar-refractivity contribution >= 4 is 11.6 Å². The molecule has 1 aromatic carbocycles. The number of piperazine rings is 1. The summed E-state index contributed by atoms with van der Waals surface area (Å²) in [6.45, 7) is 4.49. The van der Waals surface area contributed by atoms with Crippen molar-refractivity contribution in [3.05, 3.63) is 42.1 Å². The molecule has 1 aliphatic heterocycles. The Hall–Kier alpha value is -2.50. The van der Waals surface area contributed by atoms with Gasteiger partial charge < -0.3 is 14.5 Å². The molecule has 1 amide bonds. The largest absolute Gasteiger partial charge is 0.481 e. The lowest BCUT2D eigenvalue weighted by atomic mass is 10.1. The number of carbonyl (C=O) groups excluding carboxylic acids is 1. The maximum absolute atomic E-state index is 13.0. The number of benzene rings is 1. The zero-order valence-electron chi connectivity index (χ0n) is 14.5. The predicted molar refractivity (Wildman–Crippen MR) is 93.5 cm³/mol. The van der Waals surface area contributed by atoms with Crippen LogP contribution < -0.4 is 9.64 Å². The van der Waals surface area contributed by atoms with Gasteiger partial charge in [-0.05, 0) is 18.6 Å². The topological polar surface area (TPSA) is 50.6 Å². The molecule has 0 radical (unpaired) electrons. The Morgan fingerprint density at radius 1 is 1.29 bits per heavy atom. The van der Waals surface area contributed by atoms with Gasteiger partial charge in [-0.25, -0.2) is 4.68 Å². The zero-order valence-corrected chi connectivity index (χ0v) is 14.5. The Morgan fingerprint density at radius 3 is 2.71 bits per heavy atom. The standard InChI is InChI=1S/C18H24N4O2/c1-4-14-13-21(15-8-6-5-7-9-15)10-11-22(14)17(23)16-12-19-20(2)18(16)24-3/h5-9,12,14H,4,10-11,13H2,1-3H3. The van der Waals surface area contributed by atoms with Crippen LogP contribution in [-0.2, 0) is 7.05 Å². The number of para-hydroxylation sites is 1. The first-order valence-electron chi connectivity index (χ1n) is 8.32. The minimum absolute atomic E-state index is 0.000452. The number of amides is 1. The molecule has 0 saturated carbocycles. The summed E-state index contributed by atoms with van der Waals surface area (Å²) in [5, 5.41) is 4.15. The fourth-order valence-corrected chi connectivity index (χ4v) is 3.32. The number of anilines is 1. The minimum Gasteiger partial charge on any atom is -0.481 e. The third kappa shape index (κ3) is 2.96. The van der Waals surface area contributed by atoms with Crippen molar-refractivity contribution in [3.8, 4) is 5.88 Å². The monoisotopic (exact) mass is 328 g/mol. The first kappa shape index (κ1) is 16.4. The van der Waals surface area contributed by atoms with E-state index in [9.17, 15) is 4.79 Å². The summed E-state index contributed by atoms with van der Waals surface area (Å²) in [6, 6.07) is 10.5. The van der Waals surface area contributed by atoms with Gasteiger partial charge in [0.2, 0.25) is 5.88 Å². The molecule has 6 heteroatoms. The van der Waals surface area contributed by atoms with Crippen LogP contribution in [-0.4, -0.2) is 53.4 Å². The van der Waals surface area contributed by atoms with Gasteiger partial charge in [0.1, 0.15) is 5.56 Å². The molecule has 1 aliphatic rings. The van der Waals surface area contributed by atoms with Crippen LogP contribution in [0, 0.1) is 0 Å². The first-order valence-corrected chi connectivity index (χ1v) is 8.32. The number of methoxy groups -OCH3 is 1. The number of rotatable bonds is 4. The van der Waals surface area contributed by atoms with Gasteiger partial charge in [-0.15, -0.1) is 0 Å². The minimum atomic E-state index is -0.000452. The fourth-order valence-electron chi connectivity index (χ4n) is 3.32. The third-order valence-corrected chi connectivity index (χ3v) is 4.64. The molecule has 1 unspecified atom stereocenters. The number of ether oxygens (including phenoxy) is 1. The Morgan fingerprint density at radius 2 is 2.04 bits per heavy atom. The van der Waals surface area contributed by atoms with Crippen molar-refractivity contribution < 1.29 is 9.53 Å². The van der Waals surface area contributed by atoms with E-state index in [4.69, 9.17) is 4.74 Å². The van der Waals surface area contributed by atoms with Gasteiger partial charge in [0, 0.05) is 38.4 Å². The van der Waals surface area contributed by atoms with Crippen molar-refractivity contribution in [3.63, 3.8) is 0 Å². The molecule has 1 fully saturated rings. The highest BCUT2D eigenvalue weighted by molar-refractivity contribution is 5.96. The van der Waals surface area contributed by atoms with Crippen LogP contribution in [0.3, 0.4) is 0 Å². The number of hydrogen-bond donors (Lipinski definition) is 0. The summed E-state index contributed by atoms with van der Waals surface area (Å²) < 4.78 is 6.92. The summed E-state index contributed by atoms with van der Waals surface area (Å²) in [5.74, 6) is 0.514. The van der Waals surface area contributed by atoms with Gasteiger partial charge in [0.25, 0.3) is 5.91 Å². The van der Waals surface area contributed by atoms with Crippen molar-refractivity contribution in [1.82, 2.24) is 14.7 Å². The molecule has 0 N–H and O–H groups in total. The number of aromatic nitrogens is 2. The zero-order chi connectivity index (χ0) is 17.1. The van der Waals surface area contributed by atoms with E-state index in [-0.39, 0.29) is 11.9 Å². The van der Waals surface area contributed by atoms with E-state index >= 15 is 0 Å². The molecule has 2 heterocycles. The van der Waals surface area contributed by atoms with Crippen molar-refractivity contribution in [2.24, 2.45) is 7.05 Å². The summed E-state index contributed by atoms with van der Waals surface area (Å²) in [4.78, 5) is 17.3. The van der Waals surface area contributed by atoms with Crippen LogP contribution in [0.5, 0.6) is 5.88 Å². The lowest BCUT2D eigenvalue weighted by Gasteiger charge is -2.42. The van der Waals surface area contributed by atoms with E-state index in [0.29, 0.717) is 18.0 Å². The highest BCUT2D eigenvalue weighted by Crippen LogP contribution is 2.24. The molecule has 1 aromatic heterocycles. The summed E-state index contributed by atoms with van der Waals surface area (Å²) in [5.41, 5.74) is 1.74. The van der Waals surface area contributed by atoms with Gasteiger partial charge in [-0.1, -0.05) is 25.1 Å². The molecular weight excluding hydrogens is 304 g/mol. The van der Waals surface area contributed by atoms with Gasteiger partial charge in [-0.2, -0.15) is 5.10 Å². The van der Waals surface area contributed by atoms with Gasteiger partial charge in [0.05, 0.1) is 13.3 Å². The second kappa shape index (κ2) is 6.95. The van der Waals surface area contributed by atoms with Crippen LogP contribution in [0.4, 0.5) is 5.69 Å². The highest BCUT2D eigenvalue weighted by atomic mass is 16.5. The quantitative estimate of drug-likeness (QED) is 0.863. The average molecular weight is 328 g/mol. The molecular formula is C18H24N4O2. The van der Waals surface area contributed by atoms with Crippen LogP contribution >= 0.6 is 0 Å². The average Bonchev–Trinajstić information content (AvgIpc) is 3.01. The molecule has 2 aromatic rings. The number of nitrogens with zero attached hydrogens (tertiary/aromatic N) is 4. The Bertz CT molecular complexity index is 698. The molecule has 1 saturated heterocycles. The van der Waals surface area contributed by atoms with E-state index in [1.54, 1.807) is 25.0 Å². The predicted octanol–water partition coefficient (Wildman–Crippen LogP) is 2.17. The second-order valence-electron chi connectivity index (χ2n) is 6.03. The normalized spacial score (nSPS) is 17.9. The second-order valence-corrected chi connectivity index (χ2v) is 6.03. The van der Waals surface area contributed by atoms with E-state index < -0.39 is 0 Å². The first-order chi connectivity index (χ1) is 11.7. The molecule has 128 valence electrons. The number of carbonyl (C=O) groups is 1. The maximum Gasteiger partial charge on any atom is 0.261 e. The molecule has 24 heavy (non-hydrogen) atoms. The van der Waals surface area contributed by atoms with E-state index in [1.807, 2.05) is 23.1 Å². The summed E-state index contributed by atoms with van der Waals surface area (Å²) in [7, 11) is 3.35. The molecule has 0 aliphatic carbocycles. The van der Waals surface area contributed by atoms with Crippen LogP contribution in [0.15, 0.2) is 36.5 Å². The fraction of sp³-hybridized carbons (Fsp3) is 0.444. The lowest BCUT2D eigenvalue weighted by Crippen LogP contribution is -2.55. The smallest absolute Gasteiger partial charge is 0.261 e. The Kier molecular flexibility index (Phi) is 4.74. The van der Waals surface area contributed by atoms with Gasteiger partial charge in [-0.3, -0.25) is 4.79 Å². The highest BCUT2D eigenvalue weighted by Gasteiger charge is 2.32.